The summed E-state index contributed by atoms with van der Waals surface area (Å²) in [6.07, 6.45) is 14.6. The molecule has 2 aromatic carbocycles. The van der Waals surface area contributed by atoms with E-state index in [1.807, 2.05) is 104 Å². The van der Waals surface area contributed by atoms with Crippen molar-refractivity contribution in [2.45, 2.75) is 77.0 Å². The lowest BCUT2D eigenvalue weighted by Gasteiger charge is -2.30. The fourth-order valence-corrected chi connectivity index (χ4v) is 7.20. The monoisotopic (exact) mass is 794 g/mol. The third kappa shape index (κ3) is 13.5. The first-order valence-corrected chi connectivity index (χ1v) is 20.2. The van der Waals surface area contributed by atoms with Crippen molar-refractivity contribution in [2.75, 3.05) is 19.8 Å². The topological polar surface area (TPSA) is 97.1 Å². The predicted octanol–water partition coefficient (Wildman–Crippen LogP) is 9.42. The van der Waals surface area contributed by atoms with Crippen LogP contribution in [0, 0.1) is 0 Å². The van der Waals surface area contributed by atoms with Crippen molar-refractivity contribution in [1.82, 2.24) is 15.1 Å². The number of halogens is 2. The Morgan fingerprint density at radius 3 is 2.44 bits per heavy atom. The van der Waals surface area contributed by atoms with Gasteiger partial charge in [-0.3, -0.25) is 13.4 Å². The molecule has 0 spiro atoms. The molecule has 2 aromatic heterocycles. The molecular weight excluding hydrogens is 741 g/mol. The molecule has 3 N–H and O–H groups in total. The number of carbonyl (C=O) groups is 1. The number of thiophene rings is 1. The fourth-order valence-electron chi connectivity index (χ4n) is 6.46. The third-order valence-corrected chi connectivity index (χ3v) is 10.4. The van der Waals surface area contributed by atoms with Gasteiger partial charge in [-0.25, -0.2) is 4.99 Å². The fraction of sp³-hybridized carbons (Fsp3) is 0.333. The quantitative estimate of drug-likeness (QED) is 0.0419. The molecule has 1 aliphatic heterocycles. The summed E-state index contributed by atoms with van der Waals surface area (Å²) in [7, 11) is -2.67. The van der Waals surface area contributed by atoms with E-state index in [4.69, 9.17) is 9.47 Å². The summed E-state index contributed by atoms with van der Waals surface area (Å²) in [5.74, 6) is 1.16. The Morgan fingerprint density at radius 1 is 0.965 bits per heavy atom. The molecule has 0 bridgehead atoms. The minimum Gasteiger partial charge on any atom is -0.491 e. The SMILES string of the molecule is C=CCc1ccccc1OC[C@@H](O)CNC(C)(C)CCCCC(C)(C)NC(=O)COc1ccc(/C=C/C2=NC(=C\c3ccc(-c4cccs4)n3B(F)F)/C=C2)cc1. The van der Waals surface area contributed by atoms with Gasteiger partial charge in [-0.2, -0.15) is 0 Å². The molecule has 5 rings (SSSR count). The van der Waals surface area contributed by atoms with Crippen molar-refractivity contribution in [1.29, 1.82) is 0 Å². The van der Waals surface area contributed by atoms with E-state index in [1.54, 1.807) is 24.3 Å². The normalized spacial score (nSPS) is 14.2. The maximum atomic E-state index is 14.0. The maximum Gasteiger partial charge on any atom is 0.678 e. The van der Waals surface area contributed by atoms with Gasteiger partial charge in [-0.1, -0.05) is 61.4 Å². The van der Waals surface area contributed by atoms with Gasteiger partial charge >= 0.3 is 7.40 Å². The van der Waals surface area contributed by atoms with Gasteiger partial charge in [0.1, 0.15) is 24.2 Å². The summed E-state index contributed by atoms with van der Waals surface area (Å²) in [6.45, 7) is 12.6. The first-order chi connectivity index (χ1) is 27.3. The number of aromatic nitrogens is 1. The molecule has 0 aliphatic carbocycles. The molecule has 8 nitrogen and oxygen atoms in total. The van der Waals surface area contributed by atoms with E-state index in [2.05, 4.69) is 36.1 Å². The summed E-state index contributed by atoms with van der Waals surface area (Å²) < 4.78 is 40.6. The number of rotatable bonds is 22. The van der Waals surface area contributed by atoms with Crippen LogP contribution in [0.4, 0.5) is 8.63 Å². The number of amides is 1. The largest absolute Gasteiger partial charge is 0.678 e. The summed E-state index contributed by atoms with van der Waals surface area (Å²) >= 11 is 1.42. The summed E-state index contributed by atoms with van der Waals surface area (Å²) in [6, 6.07) is 22.3. The summed E-state index contributed by atoms with van der Waals surface area (Å²) in [5.41, 5.74) is 3.56. The lowest BCUT2D eigenvalue weighted by Crippen LogP contribution is -2.46. The number of aliphatic hydroxyl groups excluding tert-OH is 1. The number of β-amino-alcohol motifs (C(OH)–C–C–N with tert-alkyl or cyclic N) is 1. The molecule has 1 aliphatic rings. The van der Waals surface area contributed by atoms with E-state index in [0.717, 1.165) is 51.9 Å². The van der Waals surface area contributed by atoms with Crippen LogP contribution in [0.5, 0.6) is 11.5 Å². The van der Waals surface area contributed by atoms with Crippen LogP contribution < -0.4 is 20.1 Å². The van der Waals surface area contributed by atoms with Gasteiger partial charge < -0.3 is 29.7 Å². The number of aliphatic hydroxyl groups is 1. The van der Waals surface area contributed by atoms with E-state index < -0.39 is 19.0 Å². The number of nitrogens with one attached hydrogen (secondary N) is 2. The number of allylic oxidation sites excluding steroid dienone is 4. The van der Waals surface area contributed by atoms with Crippen molar-refractivity contribution >= 4 is 42.5 Å². The number of hydrogen-bond donors (Lipinski definition) is 3. The Hall–Kier alpha value is -5.04. The van der Waals surface area contributed by atoms with Gasteiger partial charge in [0.25, 0.3) is 5.91 Å². The predicted molar refractivity (Wildman–Crippen MR) is 231 cm³/mol. The van der Waals surface area contributed by atoms with Gasteiger partial charge in [0.15, 0.2) is 6.61 Å². The maximum absolute atomic E-state index is 14.0. The van der Waals surface area contributed by atoms with Crippen LogP contribution in [0.3, 0.4) is 0 Å². The number of benzene rings is 2. The zero-order chi connectivity index (χ0) is 40.8. The number of nitrogens with zero attached hydrogens (tertiary/aromatic N) is 2. The number of hydrogen-bond acceptors (Lipinski definition) is 7. The van der Waals surface area contributed by atoms with E-state index >= 15 is 0 Å². The van der Waals surface area contributed by atoms with Crippen molar-refractivity contribution in [2.24, 2.45) is 4.99 Å². The second kappa shape index (κ2) is 20.4. The van der Waals surface area contributed by atoms with Crippen molar-refractivity contribution in [3.8, 4) is 22.1 Å². The average Bonchev–Trinajstić information content (AvgIpc) is 3.96. The lowest BCUT2D eigenvalue weighted by atomic mass is 9.92. The third-order valence-electron chi connectivity index (χ3n) is 9.51. The number of aliphatic imine (C=N–C) groups is 1. The minimum absolute atomic E-state index is 0.0953. The van der Waals surface area contributed by atoms with Crippen LogP contribution in [0.2, 0.25) is 0 Å². The second-order valence-corrected chi connectivity index (χ2v) is 16.3. The zero-order valence-corrected chi connectivity index (χ0v) is 34.0. The Labute approximate surface area is 339 Å². The van der Waals surface area contributed by atoms with E-state index in [1.165, 1.54) is 11.3 Å². The highest BCUT2D eigenvalue weighted by atomic mass is 32.1. The number of unbranched alkanes of at least 4 members (excludes halogenated alkanes) is 1. The molecule has 1 atom stereocenters. The van der Waals surface area contributed by atoms with E-state index in [9.17, 15) is 18.5 Å². The highest BCUT2D eigenvalue weighted by Gasteiger charge is 2.25. The van der Waals surface area contributed by atoms with Crippen LogP contribution in [0.1, 0.15) is 70.2 Å². The molecule has 0 saturated carbocycles. The van der Waals surface area contributed by atoms with Crippen molar-refractivity contribution in [3.63, 3.8) is 0 Å². The molecular formula is C45H53BF2N4O4S. The van der Waals surface area contributed by atoms with E-state index in [-0.39, 0.29) is 24.7 Å². The first-order valence-electron chi connectivity index (χ1n) is 19.3. The Bertz CT molecular complexity index is 2050. The highest BCUT2D eigenvalue weighted by molar-refractivity contribution is 7.13. The number of carbonyl (C=O) groups excluding carboxylic acids is 1. The van der Waals surface area contributed by atoms with Crippen LogP contribution in [0.15, 0.2) is 120 Å². The molecule has 300 valence electrons. The molecule has 0 unspecified atom stereocenters. The van der Waals surface area contributed by atoms with E-state index in [0.29, 0.717) is 41.5 Å². The number of ether oxygens (including phenoxy) is 2. The molecule has 4 aromatic rings. The standard InChI is InChI=1S/C45H53BF2N4O4S/c1-6-12-34-13-7-8-14-41(34)56-31-38(53)30-49-44(2,3)26-9-10-27-45(4,5)51-43(54)32-55-39-23-17-33(18-24-39)16-19-35-20-21-36(50-35)29-37-22-25-40(52(37)46(47)48)42-15-11-28-57-42/h6-8,11,13-25,28-29,38,49,53H,1,9-10,12,26-27,30-32H2,2-5H3,(H,51,54)/b19-16+,36-29-/t38-/m0/s1. The Balaban J connectivity index is 0.990. The van der Waals surface area contributed by atoms with Crippen LogP contribution in [-0.2, 0) is 11.2 Å². The molecule has 0 saturated heterocycles. The molecule has 57 heavy (non-hydrogen) atoms. The lowest BCUT2D eigenvalue weighted by molar-refractivity contribution is -0.124. The molecule has 0 fully saturated rings. The molecule has 3 heterocycles. The smallest absolute Gasteiger partial charge is 0.491 e. The Kier molecular flexibility index (Phi) is 15.4. The second-order valence-electron chi connectivity index (χ2n) is 15.4. The van der Waals surface area contributed by atoms with Crippen LogP contribution in [-0.4, -0.2) is 65.5 Å². The summed E-state index contributed by atoms with van der Waals surface area (Å²) in [5, 5.41) is 19.0. The van der Waals surface area contributed by atoms with Crippen LogP contribution in [0.25, 0.3) is 22.7 Å². The molecule has 12 heteroatoms. The minimum atomic E-state index is -2.67. The Morgan fingerprint density at radius 2 is 1.72 bits per heavy atom. The zero-order valence-electron chi connectivity index (χ0n) is 33.2. The highest BCUT2D eigenvalue weighted by Crippen LogP contribution is 2.30. The molecule has 0 radical (unpaired) electrons. The molecule has 1 amide bonds. The number of para-hydroxylation sites is 1. The van der Waals surface area contributed by atoms with Gasteiger partial charge in [0.2, 0.25) is 0 Å². The van der Waals surface area contributed by atoms with Gasteiger partial charge in [0, 0.05) is 28.2 Å². The van der Waals surface area contributed by atoms with Gasteiger partial charge in [-0.15, -0.1) is 17.9 Å². The van der Waals surface area contributed by atoms with Gasteiger partial charge in [-0.05, 0) is 124 Å². The first kappa shape index (κ1) is 43.1. The van der Waals surface area contributed by atoms with Crippen molar-refractivity contribution in [3.05, 3.63) is 132 Å². The average molecular weight is 795 g/mol. The van der Waals surface area contributed by atoms with Gasteiger partial charge in [0.05, 0.1) is 17.1 Å². The van der Waals surface area contributed by atoms with Crippen LogP contribution >= 0.6 is 11.3 Å². The summed E-state index contributed by atoms with van der Waals surface area (Å²) in [4.78, 5) is 18.1. The van der Waals surface area contributed by atoms with Crippen molar-refractivity contribution < 1.29 is 28.0 Å².